The summed E-state index contributed by atoms with van der Waals surface area (Å²) < 4.78 is 3.94. The molecular formula is C13H22BrN3OS. The molecule has 108 valence electrons. The van der Waals surface area contributed by atoms with Gasteiger partial charge in [-0.1, -0.05) is 47.6 Å². The van der Waals surface area contributed by atoms with E-state index in [0.29, 0.717) is 4.88 Å². The van der Waals surface area contributed by atoms with Crippen LogP contribution in [0.4, 0.5) is 0 Å². The molecule has 0 bridgehead atoms. The molecule has 0 saturated heterocycles. The molecule has 0 aliphatic heterocycles. The highest BCUT2D eigenvalue weighted by molar-refractivity contribution is 9.09. The van der Waals surface area contributed by atoms with Crippen LogP contribution in [0.2, 0.25) is 0 Å². The molecule has 6 heteroatoms. The van der Waals surface area contributed by atoms with E-state index in [2.05, 4.69) is 46.3 Å². The number of aromatic nitrogens is 2. The second-order valence-electron chi connectivity index (χ2n) is 5.68. The first kappa shape index (κ1) is 16.6. The Morgan fingerprint density at radius 2 is 2.00 bits per heavy atom. The van der Waals surface area contributed by atoms with Crippen LogP contribution in [0.15, 0.2) is 0 Å². The Balaban J connectivity index is 2.65. The molecule has 0 spiro atoms. The van der Waals surface area contributed by atoms with Crippen molar-refractivity contribution in [3.05, 3.63) is 10.6 Å². The molecule has 1 aromatic heterocycles. The molecule has 4 nitrogen and oxygen atoms in total. The van der Waals surface area contributed by atoms with Crippen molar-refractivity contribution in [2.45, 2.75) is 45.4 Å². The van der Waals surface area contributed by atoms with Gasteiger partial charge in [0.2, 0.25) is 0 Å². The molecule has 0 N–H and O–H groups in total. The fourth-order valence-electron chi connectivity index (χ4n) is 1.72. The average molecular weight is 348 g/mol. The summed E-state index contributed by atoms with van der Waals surface area (Å²) in [7, 11) is 1.85. The van der Waals surface area contributed by atoms with Crippen molar-refractivity contribution < 1.29 is 4.79 Å². The molecule has 0 atom stereocenters. The number of carbonyl (C=O) groups is 1. The summed E-state index contributed by atoms with van der Waals surface area (Å²) in [4.78, 5) is 14.8. The summed E-state index contributed by atoms with van der Waals surface area (Å²) in [6, 6.07) is 0. The smallest absolute Gasteiger partial charge is 0.267 e. The highest BCUT2D eigenvalue weighted by Crippen LogP contribution is 2.26. The SMILES string of the molecule is CN(CCCCCBr)C(=O)c1snnc1C(C)(C)C. The molecule has 0 aliphatic carbocycles. The van der Waals surface area contributed by atoms with E-state index in [1.54, 1.807) is 4.90 Å². The van der Waals surface area contributed by atoms with Crippen molar-refractivity contribution in [3.8, 4) is 0 Å². The first-order valence-electron chi connectivity index (χ1n) is 6.52. The number of alkyl halides is 1. The molecule has 1 amide bonds. The molecule has 0 unspecified atom stereocenters. The molecule has 0 fully saturated rings. The van der Waals surface area contributed by atoms with Gasteiger partial charge in [-0.05, 0) is 24.4 Å². The minimum Gasteiger partial charge on any atom is -0.341 e. The van der Waals surface area contributed by atoms with Gasteiger partial charge in [-0.15, -0.1) is 5.10 Å². The van der Waals surface area contributed by atoms with E-state index in [1.807, 2.05) is 7.05 Å². The summed E-state index contributed by atoms with van der Waals surface area (Å²) in [6.07, 6.45) is 3.32. The number of hydrogen-bond donors (Lipinski definition) is 0. The zero-order valence-electron chi connectivity index (χ0n) is 12.1. The van der Waals surface area contributed by atoms with E-state index in [1.165, 1.54) is 11.5 Å². The Bertz CT molecular complexity index is 414. The van der Waals surface area contributed by atoms with Crippen LogP contribution in [0.3, 0.4) is 0 Å². The van der Waals surface area contributed by atoms with E-state index in [9.17, 15) is 4.79 Å². The molecule has 1 rings (SSSR count). The van der Waals surface area contributed by atoms with Gasteiger partial charge in [-0.25, -0.2) is 0 Å². The van der Waals surface area contributed by atoms with Crippen LogP contribution in [0, 0.1) is 0 Å². The topological polar surface area (TPSA) is 46.1 Å². The Morgan fingerprint density at radius 3 is 2.58 bits per heavy atom. The Hall–Kier alpha value is -0.490. The van der Waals surface area contributed by atoms with Gasteiger partial charge in [0.05, 0.1) is 5.69 Å². The fourth-order valence-corrected chi connectivity index (χ4v) is 2.98. The highest BCUT2D eigenvalue weighted by Gasteiger charge is 2.27. The first-order chi connectivity index (χ1) is 8.88. The number of unbranched alkanes of at least 4 members (excludes halogenated alkanes) is 2. The monoisotopic (exact) mass is 347 g/mol. The fraction of sp³-hybridized carbons (Fsp3) is 0.769. The second kappa shape index (κ2) is 7.33. The lowest BCUT2D eigenvalue weighted by Gasteiger charge is -2.20. The lowest BCUT2D eigenvalue weighted by Crippen LogP contribution is -2.29. The van der Waals surface area contributed by atoms with Crippen molar-refractivity contribution in [2.75, 3.05) is 18.9 Å². The summed E-state index contributed by atoms with van der Waals surface area (Å²) in [5.74, 6) is 0.0405. The minimum absolute atomic E-state index is 0.0405. The lowest BCUT2D eigenvalue weighted by atomic mass is 9.91. The van der Waals surface area contributed by atoms with Crippen LogP contribution in [-0.4, -0.2) is 39.3 Å². The zero-order chi connectivity index (χ0) is 14.5. The number of nitrogens with zero attached hydrogens (tertiary/aromatic N) is 3. The number of halogens is 1. The molecular weight excluding hydrogens is 326 g/mol. The Labute approximate surface area is 127 Å². The van der Waals surface area contributed by atoms with Crippen LogP contribution in [0.1, 0.15) is 55.4 Å². The summed E-state index contributed by atoms with van der Waals surface area (Å²) in [6.45, 7) is 6.94. The minimum atomic E-state index is -0.144. The molecule has 1 heterocycles. The molecule has 0 aromatic carbocycles. The van der Waals surface area contributed by atoms with Crippen LogP contribution in [0.5, 0.6) is 0 Å². The highest BCUT2D eigenvalue weighted by atomic mass is 79.9. The van der Waals surface area contributed by atoms with Crippen molar-refractivity contribution in [2.24, 2.45) is 0 Å². The van der Waals surface area contributed by atoms with E-state index in [0.717, 1.165) is 36.8 Å². The predicted octanol–water partition coefficient (Wildman–Crippen LogP) is 3.47. The van der Waals surface area contributed by atoms with Crippen molar-refractivity contribution in [3.63, 3.8) is 0 Å². The van der Waals surface area contributed by atoms with Crippen LogP contribution >= 0.6 is 27.5 Å². The number of amides is 1. The van der Waals surface area contributed by atoms with E-state index in [-0.39, 0.29) is 11.3 Å². The molecule has 0 radical (unpaired) electrons. The zero-order valence-corrected chi connectivity index (χ0v) is 14.5. The van der Waals surface area contributed by atoms with Gasteiger partial charge in [0, 0.05) is 24.3 Å². The summed E-state index contributed by atoms with van der Waals surface area (Å²) in [5, 5.41) is 5.14. The van der Waals surface area contributed by atoms with Gasteiger partial charge in [-0.3, -0.25) is 4.79 Å². The summed E-state index contributed by atoms with van der Waals surface area (Å²) in [5.41, 5.74) is 0.657. The van der Waals surface area contributed by atoms with Crippen LogP contribution in [0.25, 0.3) is 0 Å². The van der Waals surface area contributed by atoms with E-state index in [4.69, 9.17) is 0 Å². The van der Waals surface area contributed by atoms with Crippen LogP contribution < -0.4 is 0 Å². The number of hydrogen-bond acceptors (Lipinski definition) is 4. The number of rotatable bonds is 6. The maximum atomic E-state index is 12.4. The summed E-state index contributed by atoms with van der Waals surface area (Å²) >= 11 is 4.61. The lowest BCUT2D eigenvalue weighted by molar-refractivity contribution is 0.0795. The molecule has 19 heavy (non-hydrogen) atoms. The standard InChI is InChI=1S/C13H22BrN3OS/c1-13(2,3)11-10(19-16-15-11)12(18)17(4)9-7-5-6-8-14/h5-9H2,1-4H3. The third-order valence-corrected chi connectivity index (χ3v) is 4.14. The Kier molecular flexibility index (Phi) is 6.39. The second-order valence-corrected chi connectivity index (χ2v) is 7.22. The maximum absolute atomic E-state index is 12.4. The van der Waals surface area contributed by atoms with Crippen molar-refractivity contribution in [1.29, 1.82) is 0 Å². The van der Waals surface area contributed by atoms with E-state index >= 15 is 0 Å². The molecule has 0 saturated carbocycles. The average Bonchev–Trinajstić information content (AvgIpc) is 2.82. The Morgan fingerprint density at radius 1 is 1.32 bits per heavy atom. The third-order valence-electron chi connectivity index (χ3n) is 2.87. The van der Waals surface area contributed by atoms with Gasteiger partial charge in [-0.2, -0.15) is 0 Å². The van der Waals surface area contributed by atoms with E-state index < -0.39 is 0 Å². The van der Waals surface area contributed by atoms with Gasteiger partial charge < -0.3 is 4.90 Å². The third kappa shape index (κ3) is 4.84. The quantitative estimate of drug-likeness (QED) is 0.584. The molecule has 1 aromatic rings. The number of carbonyl (C=O) groups excluding carboxylic acids is 1. The van der Waals surface area contributed by atoms with Gasteiger partial charge >= 0.3 is 0 Å². The van der Waals surface area contributed by atoms with Gasteiger partial charge in [0.25, 0.3) is 5.91 Å². The van der Waals surface area contributed by atoms with Gasteiger partial charge in [0.1, 0.15) is 4.88 Å². The molecule has 0 aliphatic rings. The van der Waals surface area contributed by atoms with Crippen molar-refractivity contribution >= 4 is 33.4 Å². The maximum Gasteiger partial charge on any atom is 0.267 e. The predicted molar refractivity (Wildman–Crippen MR) is 83.2 cm³/mol. The van der Waals surface area contributed by atoms with Crippen molar-refractivity contribution in [1.82, 2.24) is 14.5 Å². The van der Waals surface area contributed by atoms with Gasteiger partial charge in [0.15, 0.2) is 0 Å². The largest absolute Gasteiger partial charge is 0.341 e. The normalized spacial score (nSPS) is 11.6. The van der Waals surface area contributed by atoms with Crippen LogP contribution in [-0.2, 0) is 5.41 Å². The first-order valence-corrected chi connectivity index (χ1v) is 8.41.